The molecule has 1 aromatic rings. The first-order chi connectivity index (χ1) is 8.88. The van der Waals surface area contributed by atoms with E-state index < -0.39 is 0 Å². The van der Waals surface area contributed by atoms with Crippen LogP contribution in [0.5, 0.6) is 0 Å². The van der Waals surface area contributed by atoms with Crippen molar-refractivity contribution in [3.05, 3.63) is 17.6 Å². The van der Waals surface area contributed by atoms with E-state index in [0.29, 0.717) is 6.04 Å². The molecule has 0 bridgehead atoms. The number of rotatable bonds is 3. The van der Waals surface area contributed by atoms with Gasteiger partial charge in [-0.25, -0.2) is 9.97 Å². The molecule has 1 N–H and O–H groups in total. The van der Waals surface area contributed by atoms with E-state index in [1.165, 1.54) is 43.4 Å². The van der Waals surface area contributed by atoms with Crippen molar-refractivity contribution in [2.24, 2.45) is 0 Å². The zero-order chi connectivity index (χ0) is 12.4. The SMILES string of the molecule is CSC1CCCCC1Nc1ncnc2c1CCC2. The standard InChI is InChI=1S/C14H21N3S/c1-18-13-8-3-2-6-12(13)17-14-10-5-4-7-11(10)15-9-16-14/h9,12-13H,2-8H2,1H3,(H,15,16,17). The van der Waals surface area contributed by atoms with Gasteiger partial charge in [-0.05, 0) is 38.4 Å². The number of thioether (sulfide) groups is 1. The van der Waals surface area contributed by atoms with Gasteiger partial charge in [0.05, 0.1) is 0 Å². The van der Waals surface area contributed by atoms with E-state index in [-0.39, 0.29) is 0 Å². The minimum atomic E-state index is 0.591. The minimum absolute atomic E-state index is 0.591. The van der Waals surface area contributed by atoms with E-state index in [1.54, 1.807) is 6.33 Å². The maximum absolute atomic E-state index is 4.48. The summed E-state index contributed by atoms with van der Waals surface area (Å²) in [5.41, 5.74) is 2.65. The van der Waals surface area contributed by atoms with Crippen molar-refractivity contribution in [2.75, 3.05) is 11.6 Å². The number of anilines is 1. The molecule has 0 spiro atoms. The van der Waals surface area contributed by atoms with Crippen LogP contribution in [-0.2, 0) is 12.8 Å². The molecule has 18 heavy (non-hydrogen) atoms. The van der Waals surface area contributed by atoms with Crippen LogP contribution in [0, 0.1) is 0 Å². The first-order valence-corrected chi connectivity index (χ1v) is 8.29. The minimum Gasteiger partial charge on any atom is -0.366 e. The molecule has 1 aromatic heterocycles. The normalized spacial score (nSPS) is 26.9. The highest BCUT2D eigenvalue weighted by molar-refractivity contribution is 7.99. The molecular formula is C14H21N3S. The summed E-state index contributed by atoms with van der Waals surface area (Å²) in [6.45, 7) is 0. The van der Waals surface area contributed by atoms with Gasteiger partial charge in [0.15, 0.2) is 0 Å². The van der Waals surface area contributed by atoms with Gasteiger partial charge >= 0.3 is 0 Å². The molecule has 0 amide bonds. The number of nitrogens with zero attached hydrogens (tertiary/aromatic N) is 2. The smallest absolute Gasteiger partial charge is 0.133 e. The van der Waals surface area contributed by atoms with Gasteiger partial charge in [-0.3, -0.25) is 0 Å². The Morgan fingerprint density at radius 1 is 1.17 bits per heavy atom. The van der Waals surface area contributed by atoms with Gasteiger partial charge in [-0.15, -0.1) is 0 Å². The van der Waals surface area contributed by atoms with Crippen LogP contribution in [0.25, 0.3) is 0 Å². The summed E-state index contributed by atoms with van der Waals surface area (Å²) in [5, 5.41) is 4.45. The van der Waals surface area contributed by atoms with Crippen molar-refractivity contribution < 1.29 is 0 Å². The Labute approximate surface area is 113 Å². The molecule has 2 aliphatic carbocycles. The summed E-state index contributed by atoms with van der Waals surface area (Å²) in [7, 11) is 0. The number of hydrogen-bond acceptors (Lipinski definition) is 4. The Kier molecular flexibility index (Phi) is 3.73. The van der Waals surface area contributed by atoms with Crippen molar-refractivity contribution in [2.45, 2.75) is 56.2 Å². The predicted octanol–water partition coefficient (Wildman–Crippen LogP) is 3.05. The zero-order valence-corrected chi connectivity index (χ0v) is 11.8. The molecule has 0 radical (unpaired) electrons. The number of aromatic nitrogens is 2. The third-order valence-electron chi connectivity index (χ3n) is 4.20. The maximum Gasteiger partial charge on any atom is 0.133 e. The Hall–Kier alpha value is -0.770. The zero-order valence-electron chi connectivity index (χ0n) is 11.0. The van der Waals surface area contributed by atoms with E-state index in [1.807, 2.05) is 11.8 Å². The molecule has 1 saturated carbocycles. The van der Waals surface area contributed by atoms with E-state index >= 15 is 0 Å². The first-order valence-electron chi connectivity index (χ1n) is 7.00. The summed E-state index contributed by atoms with van der Waals surface area (Å²) in [4.78, 5) is 8.88. The number of nitrogens with one attached hydrogen (secondary N) is 1. The van der Waals surface area contributed by atoms with Crippen molar-refractivity contribution >= 4 is 17.6 Å². The predicted molar refractivity (Wildman–Crippen MR) is 77.2 cm³/mol. The Balaban J connectivity index is 1.77. The molecule has 1 fully saturated rings. The molecule has 0 aliphatic heterocycles. The van der Waals surface area contributed by atoms with E-state index in [4.69, 9.17) is 0 Å². The van der Waals surface area contributed by atoms with E-state index in [2.05, 4.69) is 21.5 Å². The second-order valence-corrected chi connectivity index (χ2v) is 6.39. The monoisotopic (exact) mass is 263 g/mol. The first kappa shape index (κ1) is 12.3. The van der Waals surface area contributed by atoms with Crippen LogP contribution in [0.1, 0.15) is 43.4 Å². The summed E-state index contributed by atoms with van der Waals surface area (Å²) >= 11 is 2.00. The third-order valence-corrected chi connectivity index (χ3v) is 5.37. The number of aryl methyl sites for hydroxylation is 1. The van der Waals surface area contributed by atoms with Gasteiger partial charge in [-0.1, -0.05) is 12.8 Å². The second-order valence-electron chi connectivity index (χ2n) is 5.31. The molecule has 0 saturated heterocycles. The highest BCUT2D eigenvalue weighted by Crippen LogP contribution is 2.31. The maximum atomic E-state index is 4.48. The fourth-order valence-corrected chi connectivity index (χ4v) is 4.14. The van der Waals surface area contributed by atoms with Crippen molar-refractivity contribution in [3.63, 3.8) is 0 Å². The van der Waals surface area contributed by atoms with Gasteiger partial charge < -0.3 is 5.32 Å². The van der Waals surface area contributed by atoms with E-state index in [9.17, 15) is 0 Å². The number of hydrogen-bond donors (Lipinski definition) is 1. The average molecular weight is 263 g/mol. The van der Waals surface area contributed by atoms with E-state index in [0.717, 1.165) is 23.9 Å². The lowest BCUT2D eigenvalue weighted by molar-refractivity contribution is 0.474. The highest BCUT2D eigenvalue weighted by atomic mass is 32.2. The molecule has 1 heterocycles. The van der Waals surface area contributed by atoms with Crippen LogP contribution in [0.15, 0.2) is 6.33 Å². The Morgan fingerprint density at radius 2 is 2.06 bits per heavy atom. The van der Waals surface area contributed by atoms with Crippen LogP contribution in [-0.4, -0.2) is 27.5 Å². The van der Waals surface area contributed by atoms with Gasteiger partial charge in [0, 0.05) is 22.5 Å². The summed E-state index contributed by atoms with van der Waals surface area (Å²) in [6.07, 6.45) is 12.8. The Morgan fingerprint density at radius 3 is 2.94 bits per heavy atom. The van der Waals surface area contributed by atoms with Gasteiger partial charge in [0.1, 0.15) is 12.1 Å². The molecule has 4 heteroatoms. The van der Waals surface area contributed by atoms with Crippen LogP contribution in [0.4, 0.5) is 5.82 Å². The fraction of sp³-hybridized carbons (Fsp3) is 0.714. The molecule has 0 aromatic carbocycles. The van der Waals surface area contributed by atoms with Gasteiger partial charge in [-0.2, -0.15) is 11.8 Å². The topological polar surface area (TPSA) is 37.8 Å². The van der Waals surface area contributed by atoms with Crippen LogP contribution < -0.4 is 5.32 Å². The van der Waals surface area contributed by atoms with Crippen LogP contribution in [0.2, 0.25) is 0 Å². The van der Waals surface area contributed by atoms with Gasteiger partial charge in [0.2, 0.25) is 0 Å². The quantitative estimate of drug-likeness (QED) is 0.909. The van der Waals surface area contributed by atoms with Crippen molar-refractivity contribution in [1.29, 1.82) is 0 Å². The van der Waals surface area contributed by atoms with Gasteiger partial charge in [0.25, 0.3) is 0 Å². The summed E-state index contributed by atoms with van der Waals surface area (Å²) in [6, 6.07) is 0.591. The lowest BCUT2D eigenvalue weighted by Crippen LogP contribution is -2.35. The molecule has 2 unspecified atom stereocenters. The largest absolute Gasteiger partial charge is 0.366 e. The van der Waals surface area contributed by atoms with Crippen LogP contribution >= 0.6 is 11.8 Å². The van der Waals surface area contributed by atoms with Crippen LogP contribution in [0.3, 0.4) is 0 Å². The molecule has 3 rings (SSSR count). The lowest BCUT2D eigenvalue weighted by atomic mass is 9.94. The van der Waals surface area contributed by atoms with Crippen molar-refractivity contribution in [3.8, 4) is 0 Å². The third kappa shape index (κ3) is 2.35. The second kappa shape index (κ2) is 5.47. The average Bonchev–Trinajstić information content (AvgIpc) is 2.89. The molecule has 98 valence electrons. The Bertz CT molecular complexity index is 422. The summed E-state index contributed by atoms with van der Waals surface area (Å²) < 4.78 is 0. The fourth-order valence-electron chi connectivity index (χ4n) is 3.20. The molecule has 2 aliphatic rings. The number of fused-ring (bicyclic) bond motifs is 1. The molecular weight excluding hydrogens is 242 g/mol. The summed E-state index contributed by atoms with van der Waals surface area (Å²) in [5.74, 6) is 1.11. The lowest BCUT2D eigenvalue weighted by Gasteiger charge is -2.31. The molecule has 3 nitrogen and oxygen atoms in total. The molecule has 2 atom stereocenters. The van der Waals surface area contributed by atoms with Crippen molar-refractivity contribution in [1.82, 2.24) is 9.97 Å². The highest BCUT2D eigenvalue weighted by Gasteiger charge is 2.26.